The van der Waals surface area contributed by atoms with Crippen molar-refractivity contribution in [2.75, 3.05) is 24.6 Å². The van der Waals surface area contributed by atoms with E-state index in [1.54, 1.807) is 9.80 Å². The van der Waals surface area contributed by atoms with E-state index in [9.17, 15) is 19.5 Å². The Morgan fingerprint density at radius 2 is 1.57 bits per heavy atom. The summed E-state index contributed by atoms with van der Waals surface area (Å²) in [6.07, 6.45) is 8.39. The highest BCUT2D eigenvalue weighted by Gasteiger charge is 2.75. The molecule has 3 amide bonds. The molecule has 0 saturated carbocycles. The second-order valence-electron chi connectivity index (χ2n) is 14.8. The van der Waals surface area contributed by atoms with Gasteiger partial charge >= 0.3 is 0 Å². The predicted molar refractivity (Wildman–Crippen MR) is 162 cm³/mol. The van der Waals surface area contributed by atoms with Gasteiger partial charge in [0.25, 0.3) is 0 Å². The first-order valence-corrected chi connectivity index (χ1v) is 15.2. The zero-order valence-electron chi connectivity index (χ0n) is 26.3. The average molecular weight is 578 g/mol. The molecule has 0 aliphatic carbocycles. The van der Waals surface area contributed by atoms with E-state index in [0.29, 0.717) is 13.1 Å². The number of nitrogens with zero attached hydrogens (tertiary/aromatic N) is 3. The fourth-order valence-corrected chi connectivity index (χ4v) is 8.22. The van der Waals surface area contributed by atoms with Gasteiger partial charge in [-0.15, -0.1) is 0 Å². The fraction of sp³-hybridized carbons (Fsp3) is 0.618. The molecule has 8 heteroatoms. The number of aliphatic hydroxyl groups is 1. The van der Waals surface area contributed by atoms with Gasteiger partial charge in [-0.05, 0) is 50.7 Å². The monoisotopic (exact) mass is 577 g/mol. The maximum Gasteiger partial charge on any atom is 0.249 e. The minimum atomic E-state index is -1.36. The summed E-state index contributed by atoms with van der Waals surface area (Å²) in [5.41, 5.74) is -2.27. The molecule has 2 fully saturated rings. The van der Waals surface area contributed by atoms with Crippen molar-refractivity contribution in [1.29, 1.82) is 0 Å². The van der Waals surface area contributed by atoms with E-state index in [4.69, 9.17) is 4.74 Å². The van der Waals surface area contributed by atoms with Crippen LogP contribution in [0.4, 0.5) is 5.69 Å². The molecule has 4 aliphatic rings. The van der Waals surface area contributed by atoms with E-state index in [-0.39, 0.29) is 35.7 Å². The van der Waals surface area contributed by atoms with Gasteiger partial charge in [0.2, 0.25) is 17.7 Å². The van der Waals surface area contributed by atoms with Crippen LogP contribution in [-0.2, 0) is 19.1 Å². The van der Waals surface area contributed by atoms with E-state index >= 15 is 0 Å². The van der Waals surface area contributed by atoms with Crippen LogP contribution in [-0.4, -0.2) is 81.1 Å². The molecule has 2 saturated heterocycles. The molecule has 5 rings (SSSR count). The Bertz CT molecular complexity index is 1300. The topological polar surface area (TPSA) is 90.4 Å². The van der Waals surface area contributed by atoms with E-state index in [1.807, 2.05) is 80.3 Å². The van der Waals surface area contributed by atoms with Crippen molar-refractivity contribution in [3.63, 3.8) is 0 Å². The van der Waals surface area contributed by atoms with E-state index in [1.165, 1.54) is 0 Å². The summed E-state index contributed by atoms with van der Waals surface area (Å²) in [7, 11) is 0. The summed E-state index contributed by atoms with van der Waals surface area (Å²) in [5, 5.41) is 10.6. The highest BCUT2D eigenvalue weighted by atomic mass is 16.5. The number of likely N-dealkylation sites (tertiary alicyclic amines) is 1. The molecule has 228 valence electrons. The number of hydrogen-bond acceptors (Lipinski definition) is 5. The van der Waals surface area contributed by atoms with Crippen LogP contribution >= 0.6 is 0 Å². The first kappa shape index (κ1) is 30.5. The number of anilines is 1. The lowest BCUT2D eigenvalue weighted by Crippen LogP contribution is -2.62. The van der Waals surface area contributed by atoms with Gasteiger partial charge < -0.3 is 24.5 Å². The minimum Gasteiger partial charge on any atom is -0.394 e. The molecule has 4 aliphatic heterocycles. The third-order valence-corrected chi connectivity index (χ3v) is 9.57. The number of benzene rings is 1. The van der Waals surface area contributed by atoms with Gasteiger partial charge in [0.05, 0.1) is 30.1 Å². The third kappa shape index (κ3) is 4.71. The van der Waals surface area contributed by atoms with Gasteiger partial charge in [0.15, 0.2) is 0 Å². The molecule has 4 heterocycles. The Hall–Kier alpha value is -2.97. The minimum absolute atomic E-state index is 0.0423. The number of carbonyl (C=O) groups excluding carboxylic acids is 3. The molecule has 42 heavy (non-hydrogen) atoms. The molecule has 1 spiro atoms. The summed E-state index contributed by atoms with van der Waals surface area (Å²) in [6, 6.07) is 7.82. The molecule has 6 atom stereocenters. The molecule has 1 N–H and O–H groups in total. The summed E-state index contributed by atoms with van der Waals surface area (Å²) in [6.45, 7) is 16.8. The average Bonchev–Trinajstić information content (AvgIpc) is 3.14. The molecule has 0 aromatic heterocycles. The van der Waals surface area contributed by atoms with Crippen molar-refractivity contribution < 1.29 is 24.2 Å². The number of hydrogen-bond donors (Lipinski definition) is 1. The van der Waals surface area contributed by atoms with Crippen molar-refractivity contribution in [3.05, 3.63) is 54.6 Å². The molecular weight excluding hydrogens is 530 g/mol. The molecule has 0 bridgehead atoms. The number of aliphatic hydroxyl groups excluding tert-OH is 1. The lowest BCUT2D eigenvalue weighted by molar-refractivity contribution is -0.159. The number of para-hydroxylation sites is 1. The van der Waals surface area contributed by atoms with E-state index in [0.717, 1.165) is 12.1 Å². The zero-order chi connectivity index (χ0) is 30.8. The number of rotatable bonds is 6. The van der Waals surface area contributed by atoms with Crippen LogP contribution in [0.2, 0.25) is 0 Å². The second kappa shape index (κ2) is 10.3. The Morgan fingerprint density at radius 3 is 2.17 bits per heavy atom. The predicted octanol–water partition coefficient (Wildman–Crippen LogP) is 4.19. The fourth-order valence-electron chi connectivity index (χ4n) is 8.22. The molecule has 0 radical (unpaired) electrons. The van der Waals surface area contributed by atoms with Crippen molar-refractivity contribution in [3.8, 4) is 0 Å². The number of fused-ring (bicyclic) bond motifs is 2. The van der Waals surface area contributed by atoms with Crippen LogP contribution in [0.15, 0.2) is 54.6 Å². The maximum absolute atomic E-state index is 14.9. The SMILES string of the molecule is CC(C)[C@H](CO)N1C(=O)[C@@H]2[C@@H]3C(=O)N(c4ccccc4)CC=C[C@]3(C)O[C@@]23C=CCN(C(C)(C)CC(C)(C)C)C(=O)C13. The van der Waals surface area contributed by atoms with Gasteiger partial charge in [-0.25, -0.2) is 0 Å². The largest absolute Gasteiger partial charge is 0.394 e. The first-order valence-electron chi connectivity index (χ1n) is 15.2. The van der Waals surface area contributed by atoms with E-state index in [2.05, 4.69) is 34.6 Å². The van der Waals surface area contributed by atoms with Gasteiger partial charge in [-0.3, -0.25) is 14.4 Å². The smallest absolute Gasteiger partial charge is 0.249 e. The molecule has 1 aromatic carbocycles. The Balaban J connectivity index is 1.67. The highest BCUT2D eigenvalue weighted by Crippen LogP contribution is 2.58. The molecule has 1 aromatic rings. The number of amides is 3. The van der Waals surface area contributed by atoms with Crippen LogP contribution in [0.1, 0.15) is 61.8 Å². The van der Waals surface area contributed by atoms with Crippen LogP contribution in [0.5, 0.6) is 0 Å². The molecular formula is C34H47N3O5. The summed E-state index contributed by atoms with van der Waals surface area (Å²) in [5.74, 6) is -2.62. The van der Waals surface area contributed by atoms with Gasteiger partial charge in [0.1, 0.15) is 11.6 Å². The van der Waals surface area contributed by atoms with Crippen LogP contribution in [0.3, 0.4) is 0 Å². The molecule has 1 unspecified atom stereocenters. The highest BCUT2D eigenvalue weighted by molar-refractivity contribution is 6.04. The van der Waals surface area contributed by atoms with Gasteiger partial charge in [-0.1, -0.05) is 77.1 Å². The van der Waals surface area contributed by atoms with Crippen molar-refractivity contribution in [1.82, 2.24) is 9.80 Å². The molecule has 8 nitrogen and oxygen atoms in total. The first-order chi connectivity index (χ1) is 19.6. The van der Waals surface area contributed by atoms with E-state index < -0.39 is 40.7 Å². The summed E-state index contributed by atoms with van der Waals surface area (Å²) in [4.78, 5) is 49.2. The lowest BCUT2D eigenvalue weighted by Gasteiger charge is -2.46. The van der Waals surface area contributed by atoms with Gasteiger partial charge in [-0.2, -0.15) is 0 Å². The summed E-state index contributed by atoms with van der Waals surface area (Å²) >= 11 is 0. The van der Waals surface area contributed by atoms with Gasteiger partial charge in [0, 0.05) is 24.3 Å². The van der Waals surface area contributed by atoms with Crippen molar-refractivity contribution >= 4 is 23.4 Å². The second-order valence-corrected chi connectivity index (χ2v) is 14.8. The zero-order valence-corrected chi connectivity index (χ0v) is 26.3. The Morgan fingerprint density at radius 1 is 0.929 bits per heavy atom. The standard InChI is InChI=1S/C34H47N3O5/c1-22(2)24(20-38)37-27-30(41)36(32(6,7)21-31(3,4)5)19-13-17-34(27)26(29(37)40)25-28(39)35(23-14-10-9-11-15-23)18-12-16-33(25,8)42-34/h9-17,22,24-27,38H,18-21H2,1-8H3/t24-,25+,26-,27?,33-,34-/m0/s1. The van der Waals surface area contributed by atoms with Crippen LogP contribution in [0, 0.1) is 23.2 Å². The van der Waals surface area contributed by atoms with Crippen molar-refractivity contribution in [2.45, 2.75) is 90.6 Å². The summed E-state index contributed by atoms with van der Waals surface area (Å²) < 4.78 is 6.98. The quantitative estimate of drug-likeness (QED) is 0.512. The maximum atomic E-state index is 14.9. The number of ether oxygens (including phenoxy) is 1. The Kier molecular flexibility index (Phi) is 7.50. The third-order valence-electron chi connectivity index (χ3n) is 9.57. The normalized spacial score (nSPS) is 32.2. The number of carbonyl (C=O) groups is 3. The van der Waals surface area contributed by atoms with Crippen LogP contribution in [0.25, 0.3) is 0 Å². The van der Waals surface area contributed by atoms with Crippen molar-refractivity contribution in [2.24, 2.45) is 23.2 Å². The lowest BCUT2D eigenvalue weighted by atomic mass is 9.74. The van der Waals surface area contributed by atoms with Crippen LogP contribution < -0.4 is 4.90 Å². The Labute approximate surface area is 250 Å².